The van der Waals surface area contributed by atoms with Crippen molar-refractivity contribution in [2.75, 3.05) is 33.8 Å². The fourth-order valence-electron chi connectivity index (χ4n) is 3.17. The van der Waals surface area contributed by atoms with E-state index in [0.29, 0.717) is 25.0 Å². The van der Waals surface area contributed by atoms with E-state index in [4.69, 9.17) is 19.8 Å². The lowest BCUT2D eigenvalue weighted by Crippen LogP contribution is -2.30. The average Bonchev–Trinajstić information content (AvgIpc) is 2.83. The van der Waals surface area contributed by atoms with Crippen LogP contribution in [0.25, 0.3) is 10.8 Å². The van der Waals surface area contributed by atoms with Crippen molar-refractivity contribution >= 4 is 29.1 Å². The minimum absolute atomic E-state index is 0.132. The Morgan fingerprint density at radius 1 is 1.06 bits per heavy atom. The molecule has 4 N–H and O–H groups in total. The van der Waals surface area contributed by atoms with Crippen LogP contribution in [0.4, 0.5) is 0 Å². The Hall–Kier alpha value is -3.43. The minimum Gasteiger partial charge on any atom is -0.488 e. The summed E-state index contributed by atoms with van der Waals surface area (Å²) in [6.45, 7) is 1.42. The maximum absolute atomic E-state index is 12.7. The second-order valence-electron chi connectivity index (χ2n) is 7.79. The van der Waals surface area contributed by atoms with E-state index in [1.54, 1.807) is 5.48 Å². The first-order valence-electron chi connectivity index (χ1n) is 11.2. The average molecular weight is 474 g/mol. The van der Waals surface area contributed by atoms with Crippen molar-refractivity contribution < 1.29 is 29.4 Å². The molecule has 0 saturated heterocycles. The molecule has 0 aliphatic carbocycles. The van der Waals surface area contributed by atoms with E-state index in [0.717, 1.165) is 35.9 Å². The minimum atomic E-state index is -0.401. The number of nitrogens with one attached hydrogen (secondary N) is 2. The molecule has 34 heavy (non-hydrogen) atoms. The number of hydroxylamine groups is 1. The maximum Gasteiger partial charge on any atom is 0.290 e. The predicted molar refractivity (Wildman–Crippen MR) is 131 cm³/mol. The normalized spacial score (nSPS) is 10.9. The standard InChI is InChI=1S/C24H33N3O4.CH2O2/c1-27(2)17-9-16-25-24(29)20(11-4-3-5-15-23(28)26-30)18-31-22-14-8-12-19-10-6-7-13-21(19)22;2-1-3/h6-8,10-14,30H,3-5,9,15-18H2,1-2H3,(H,25,29)(H,26,28);1H,(H,2,3). The van der Waals surface area contributed by atoms with Gasteiger partial charge in [0.25, 0.3) is 6.47 Å². The van der Waals surface area contributed by atoms with Gasteiger partial charge >= 0.3 is 0 Å². The largest absolute Gasteiger partial charge is 0.488 e. The Morgan fingerprint density at radius 2 is 1.76 bits per heavy atom. The number of rotatable bonds is 13. The molecule has 9 nitrogen and oxygen atoms in total. The first kappa shape index (κ1) is 28.6. The van der Waals surface area contributed by atoms with Crippen LogP contribution in [0, 0.1) is 0 Å². The summed E-state index contributed by atoms with van der Waals surface area (Å²) >= 11 is 0. The molecule has 0 fully saturated rings. The molecular weight excluding hydrogens is 438 g/mol. The lowest BCUT2D eigenvalue weighted by atomic mass is 10.1. The second-order valence-corrected chi connectivity index (χ2v) is 7.79. The molecule has 0 spiro atoms. The molecule has 9 heteroatoms. The van der Waals surface area contributed by atoms with Crippen molar-refractivity contribution in [3.63, 3.8) is 0 Å². The van der Waals surface area contributed by atoms with Crippen molar-refractivity contribution in [1.82, 2.24) is 15.7 Å². The Morgan fingerprint density at radius 3 is 2.47 bits per heavy atom. The van der Waals surface area contributed by atoms with Crippen LogP contribution < -0.4 is 15.5 Å². The molecule has 0 radical (unpaired) electrons. The molecular formula is C25H35N3O6. The third-order valence-electron chi connectivity index (χ3n) is 4.87. The number of hydrogen-bond acceptors (Lipinski definition) is 6. The Bertz CT molecular complexity index is 925. The number of hydrogen-bond donors (Lipinski definition) is 4. The summed E-state index contributed by atoms with van der Waals surface area (Å²) in [4.78, 5) is 34.3. The monoisotopic (exact) mass is 473 g/mol. The molecule has 0 aliphatic heterocycles. The summed E-state index contributed by atoms with van der Waals surface area (Å²) in [5.74, 6) is 0.207. The molecule has 2 aromatic rings. The van der Waals surface area contributed by atoms with Gasteiger partial charge in [0.2, 0.25) is 11.8 Å². The van der Waals surface area contributed by atoms with E-state index >= 15 is 0 Å². The Kier molecular flexibility index (Phi) is 14.4. The van der Waals surface area contributed by atoms with E-state index in [9.17, 15) is 9.59 Å². The fourth-order valence-corrected chi connectivity index (χ4v) is 3.17. The summed E-state index contributed by atoms with van der Waals surface area (Å²) < 4.78 is 6.03. The van der Waals surface area contributed by atoms with Gasteiger partial charge in [-0.2, -0.15) is 0 Å². The summed E-state index contributed by atoms with van der Waals surface area (Å²) in [5.41, 5.74) is 2.20. The van der Waals surface area contributed by atoms with Gasteiger partial charge in [-0.15, -0.1) is 0 Å². The van der Waals surface area contributed by atoms with Crippen LogP contribution in [-0.2, 0) is 14.4 Å². The summed E-state index contributed by atoms with van der Waals surface area (Å²) in [6, 6.07) is 13.8. The maximum atomic E-state index is 12.7. The molecule has 2 rings (SSSR count). The molecule has 186 valence electrons. The van der Waals surface area contributed by atoms with Crippen LogP contribution in [-0.4, -0.2) is 67.3 Å². The van der Waals surface area contributed by atoms with Crippen molar-refractivity contribution in [2.45, 2.75) is 32.1 Å². The number of nitrogens with zero attached hydrogens (tertiary/aromatic N) is 1. The van der Waals surface area contributed by atoms with Gasteiger partial charge in [0.1, 0.15) is 12.4 Å². The zero-order valence-corrected chi connectivity index (χ0v) is 19.8. The molecule has 0 saturated carbocycles. The molecule has 2 amide bonds. The highest BCUT2D eigenvalue weighted by atomic mass is 16.5. The first-order chi connectivity index (χ1) is 16.4. The lowest BCUT2D eigenvalue weighted by Gasteiger charge is -2.14. The highest BCUT2D eigenvalue weighted by molar-refractivity contribution is 5.94. The number of amides is 2. The number of fused-ring (bicyclic) bond motifs is 1. The molecule has 0 bridgehead atoms. The Balaban J connectivity index is 0.00000182. The molecule has 2 aromatic carbocycles. The second kappa shape index (κ2) is 17.1. The van der Waals surface area contributed by atoms with E-state index < -0.39 is 5.91 Å². The van der Waals surface area contributed by atoms with Gasteiger partial charge in [0, 0.05) is 18.4 Å². The van der Waals surface area contributed by atoms with Gasteiger partial charge in [-0.05, 0) is 57.8 Å². The van der Waals surface area contributed by atoms with Crippen LogP contribution in [0.3, 0.4) is 0 Å². The van der Waals surface area contributed by atoms with E-state index in [-0.39, 0.29) is 25.4 Å². The quantitative estimate of drug-likeness (QED) is 0.116. The SMILES string of the molecule is CN(C)CCCNC(=O)C(=CCCCCC(=O)NO)COc1cccc2ccccc12.O=CO. The van der Waals surface area contributed by atoms with Gasteiger partial charge in [-0.3, -0.25) is 19.6 Å². The van der Waals surface area contributed by atoms with Crippen molar-refractivity contribution in [3.8, 4) is 5.75 Å². The molecule has 0 aromatic heterocycles. The lowest BCUT2D eigenvalue weighted by molar-refractivity contribution is -0.129. The van der Waals surface area contributed by atoms with Crippen molar-refractivity contribution in [3.05, 3.63) is 54.1 Å². The smallest absolute Gasteiger partial charge is 0.290 e. The number of carboxylic acid groups (broad SMARTS) is 1. The van der Waals surface area contributed by atoms with Crippen molar-refractivity contribution in [2.24, 2.45) is 0 Å². The third-order valence-corrected chi connectivity index (χ3v) is 4.87. The zero-order valence-electron chi connectivity index (χ0n) is 19.8. The highest BCUT2D eigenvalue weighted by Crippen LogP contribution is 2.25. The van der Waals surface area contributed by atoms with Gasteiger partial charge < -0.3 is 20.1 Å². The summed E-state index contributed by atoms with van der Waals surface area (Å²) in [6.07, 6.45) is 5.01. The van der Waals surface area contributed by atoms with Crippen LogP contribution in [0.5, 0.6) is 5.75 Å². The van der Waals surface area contributed by atoms with Crippen molar-refractivity contribution in [1.29, 1.82) is 0 Å². The van der Waals surface area contributed by atoms with Gasteiger partial charge in [0.15, 0.2) is 0 Å². The van der Waals surface area contributed by atoms with Crippen LogP contribution in [0.1, 0.15) is 32.1 Å². The number of unbranched alkanes of at least 4 members (excludes halogenated alkanes) is 2. The number of benzene rings is 2. The fraction of sp³-hybridized carbons (Fsp3) is 0.400. The van der Waals surface area contributed by atoms with Gasteiger partial charge in [-0.1, -0.05) is 42.5 Å². The molecule has 0 atom stereocenters. The number of carbonyl (C=O) groups excluding carboxylic acids is 2. The summed E-state index contributed by atoms with van der Waals surface area (Å²) in [7, 11) is 4.00. The topological polar surface area (TPSA) is 128 Å². The molecule has 0 unspecified atom stereocenters. The van der Waals surface area contributed by atoms with Gasteiger partial charge in [0.05, 0.1) is 5.57 Å². The van der Waals surface area contributed by atoms with E-state index in [2.05, 4.69) is 10.2 Å². The number of carbonyl (C=O) groups is 3. The zero-order chi connectivity index (χ0) is 25.2. The van der Waals surface area contributed by atoms with E-state index in [1.807, 2.05) is 62.6 Å². The number of ether oxygens (including phenoxy) is 1. The third kappa shape index (κ3) is 11.4. The van der Waals surface area contributed by atoms with Crippen LogP contribution in [0.2, 0.25) is 0 Å². The Labute approximate surface area is 200 Å². The highest BCUT2D eigenvalue weighted by Gasteiger charge is 2.11. The molecule has 0 heterocycles. The molecule has 0 aliphatic rings. The van der Waals surface area contributed by atoms with Gasteiger partial charge in [-0.25, -0.2) is 5.48 Å². The number of allylic oxidation sites excluding steroid dienone is 1. The summed E-state index contributed by atoms with van der Waals surface area (Å²) in [5, 5.41) is 20.5. The van der Waals surface area contributed by atoms with E-state index in [1.165, 1.54) is 0 Å². The first-order valence-corrected chi connectivity index (χ1v) is 11.2. The van der Waals surface area contributed by atoms with Crippen LogP contribution in [0.15, 0.2) is 54.1 Å². The predicted octanol–water partition coefficient (Wildman–Crippen LogP) is 2.98. The van der Waals surface area contributed by atoms with Crippen LogP contribution >= 0.6 is 0 Å².